The number of pyridine rings is 1. The highest BCUT2D eigenvalue weighted by Gasteiger charge is 2.12. The van der Waals surface area contributed by atoms with Crippen LogP contribution in [0.2, 0.25) is 0 Å². The van der Waals surface area contributed by atoms with E-state index in [1.54, 1.807) is 6.07 Å². The fourth-order valence-corrected chi connectivity index (χ4v) is 2.00. The number of aryl methyl sites for hydroxylation is 1. The van der Waals surface area contributed by atoms with Crippen molar-refractivity contribution < 1.29 is 4.79 Å². The monoisotopic (exact) mass is 274 g/mol. The minimum atomic E-state index is -0.228. The first-order valence-corrected chi connectivity index (χ1v) is 6.49. The van der Waals surface area contributed by atoms with Crippen LogP contribution in [0.3, 0.4) is 0 Å². The number of para-hydroxylation sites is 1. The Labute approximate surface area is 117 Å². The summed E-state index contributed by atoms with van der Waals surface area (Å²) in [6.45, 7) is 3.73. The molecule has 0 spiro atoms. The molecule has 19 heavy (non-hydrogen) atoms. The number of hydrogen-bond donors (Lipinski definition) is 1. The van der Waals surface area contributed by atoms with Crippen LogP contribution in [0.1, 0.15) is 34.0 Å². The molecule has 0 aliphatic rings. The van der Waals surface area contributed by atoms with Crippen molar-refractivity contribution in [3.63, 3.8) is 0 Å². The largest absolute Gasteiger partial charge is 0.320 e. The van der Waals surface area contributed by atoms with Crippen LogP contribution in [0, 0.1) is 6.92 Å². The normalized spacial score (nSPS) is 11.9. The van der Waals surface area contributed by atoms with Crippen LogP contribution in [-0.2, 0) is 0 Å². The van der Waals surface area contributed by atoms with Gasteiger partial charge in [-0.1, -0.05) is 24.3 Å². The zero-order valence-corrected chi connectivity index (χ0v) is 11.6. The Morgan fingerprint density at radius 1 is 1.21 bits per heavy atom. The summed E-state index contributed by atoms with van der Waals surface area (Å²) in [7, 11) is 0. The second kappa shape index (κ2) is 5.85. The highest BCUT2D eigenvalue weighted by Crippen LogP contribution is 2.27. The molecule has 0 saturated heterocycles. The number of aromatic nitrogens is 1. The Balaban J connectivity index is 2.24. The third-order valence-corrected chi connectivity index (χ3v) is 2.99. The molecule has 1 aromatic carbocycles. The molecule has 98 valence electrons. The number of rotatable bonds is 3. The van der Waals surface area contributed by atoms with Gasteiger partial charge in [0.2, 0.25) is 0 Å². The number of benzene rings is 1. The third-order valence-electron chi connectivity index (χ3n) is 2.76. The molecule has 3 nitrogen and oxygen atoms in total. The van der Waals surface area contributed by atoms with Gasteiger partial charge < -0.3 is 5.32 Å². The zero-order valence-electron chi connectivity index (χ0n) is 10.9. The van der Waals surface area contributed by atoms with E-state index in [0.29, 0.717) is 5.69 Å². The fourth-order valence-electron chi connectivity index (χ4n) is 1.81. The lowest BCUT2D eigenvalue weighted by Gasteiger charge is -2.12. The molecule has 1 aromatic heterocycles. The van der Waals surface area contributed by atoms with Crippen LogP contribution >= 0.6 is 11.6 Å². The van der Waals surface area contributed by atoms with Crippen molar-refractivity contribution in [3.8, 4) is 0 Å². The summed E-state index contributed by atoms with van der Waals surface area (Å²) < 4.78 is 0. The predicted octanol–water partition coefficient (Wildman–Crippen LogP) is 3.94. The highest BCUT2D eigenvalue weighted by molar-refractivity contribution is 6.21. The van der Waals surface area contributed by atoms with Crippen LogP contribution in [0.5, 0.6) is 0 Å². The lowest BCUT2D eigenvalue weighted by molar-refractivity contribution is 0.102. The number of anilines is 1. The average Bonchev–Trinajstić information content (AvgIpc) is 2.39. The highest BCUT2D eigenvalue weighted by atomic mass is 35.5. The minimum Gasteiger partial charge on any atom is -0.320 e. The molecule has 2 rings (SSSR count). The number of amides is 1. The van der Waals surface area contributed by atoms with Gasteiger partial charge in [0.1, 0.15) is 5.69 Å². The van der Waals surface area contributed by atoms with E-state index in [-0.39, 0.29) is 11.3 Å². The number of hydrogen-bond acceptors (Lipinski definition) is 2. The molecule has 0 aliphatic carbocycles. The maximum atomic E-state index is 12.1. The molecular formula is C15H15ClN2O. The minimum absolute atomic E-state index is 0.165. The van der Waals surface area contributed by atoms with Crippen LogP contribution < -0.4 is 5.32 Å². The molecular weight excluding hydrogens is 260 g/mol. The molecule has 1 atom stereocenters. The van der Waals surface area contributed by atoms with Crippen molar-refractivity contribution in [1.29, 1.82) is 0 Å². The van der Waals surface area contributed by atoms with Gasteiger partial charge in [0.05, 0.1) is 5.38 Å². The molecule has 4 heteroatoms. The van der Waals surface area contributed by atoms with E-state index >= 15 is 0 Å². The van der Waals surface area contributed by atoms with Crippen molar-refractivity contribution in [2.24, 2.45) is 0 Å². The maximum Gasteiger partial charge on any atom is 0.274 e. The Morgan fingerprint density at radius 3 is 2.63 bits per heavy atom. The van der Waals surface area contributed by atoms with E-state index in [9.17, 15) is 4.79 Å². The molecule has 1 amide bonds. The summed E-state index contributed by atoms with van der Waals surface area (Å²) in [4.78, 5) is 16.3. The van der Waals surface area contributed by atoms with Crippen molar-refractivity contribution in [3.05, 3.63) is 59.4 Å². The predicted molar refractivity (Wildman–Crippen MR) is 77.6 cm³/mol. The number of carbonyl (C=O) groups excluding carboxylic acids is 1. The first-order valence-electron chi connectivity index (χ1n) is 6.06. The lowest BCUT2D eigenvalue weighted by atomic mass is 10.1. The second-order valence-corrected chi connectivity index (χ2v) is 4.98. The van der Waals surface area contributed by atoms with Crippen LogP contribution in [0.25, 0.3) is 0 Å². The van der Waals surface area contributed by atoms with Gasteiger partial charge in [-0.05, 0) is 37.6 Å². The van der Waals surface area contributed by atoms with Crippen LogP contribution in [0.4, 0.5) is 5.69 Å². The van der Waals surface area contributed by atoms with E-state index in [1.165, 1.54) is 0 Å². The van der Waals surface area contributed by atoms with Crippen molar-refractivity contribution in [2.75, 3.05) is 5.32 Å². The molecule has 2 aromatic rings. The van der Waals surface area contributed by atoms with Crippen LogP contribution in [-0.4, -0.2) is 10.9 Å². The summed E-state index contributed by atoms with van der Waals surface area (Å²) in [6.07, 6.45) is 0. The van der Waals surface area contributed by atoms with Gasteiger partial charge in [-0.2, -0.15) is 0 Å². The van der Waals surface area contributed by atoms with Gasteiger partial charge in [0, 0.05) is 11.4 Å². The fraction of sp³-hybridized carbons (Fsp3) is 0.200. The third kappa shape index (κ3) is 3.32. The Morgan fingerprint density at radius 2 is 1.95 bits per heavy atom. The van der Waals surface area contributed by atoms with Crippen molar-refractivity contribution >= 4 is 23.2 Å². The molecule has 1 N–H and O–H groups in total. The maximum absolute atomic E-state index is 12.1. The first kappa shape index (κ1) is 13.6. The Bertz CT molecular complexity index is 596. The molecule has 0 radical (unpaired) electrons. The van der Waals surface area contributed by atoms with Gasteiger partial charge in [0.25, 0.3) is 5.91 Å². The molecule has 1 unspecified atom stereocenters. The Hall–Kier alpha value is -1.87. The quantitative estimate of drug-likeness (QED) is 0.862. The van der Waals surface area contributed by atoms with Crippen molar-refractivity contribution in [2.45, 2.75) is 19.2 Å². The number of nitrogens with one attached hydrogen (secondary N) is 1. The molecule has 0 fully saturated rings. The summed E-state index contributed by atoms with van der Waals surface area (Å²) >= 11 is 6.10. The lowest BCUT2D eigenvalue weighted by Crippen LogP contribution is -2.15. The van der Waals surface area contributed by atoms with Gasteiger partial charge in [-0.15, -0.1) is 11.6 Å². The van der Waals surface area contributed by atoms with E-state index < -0.39 is 0 Å². The average molecular weight is 275 g/mol. The van der Waals surface area contributed by atoms with E-state index in [4.69, 9.17) is 11.6 Å². The standard InChI is InChI=1S/C15H15ClN2O/c1-10-6-5-9-14(17-10)15(19)18-13-8-4-3-7-12(13)11(2)16/h3-9,11H,1-2H3,(H,18,19). The summed E-state index contributed by atoms with van der Waals surface area (Å²) in [5.41, 5.74) is 2.83. The van der Waals surface area contributed by atoms with Crippen molar-refractivity contribution in [1.82, 2.24) is 4.98 Å². The van der Waals surface area contributed by atoms with Gasteiger partial charge in [-0.25, -0.2) is 4.98 Å². The summed E-state index contributed by atoms with van der Waals surface area (Å²) in [5, 5.41) is 2.68. The molecule has 0 bridgehead atoms. The molecule has 1 heterocycles. The topological polar surface area (TPSA) is 42.0 Å². The summed E-state index contributed by atoms with van der Waals surface area (Å²) in [6, 6.07) is 12.9. The van der Waals surface area contributed by atoms with E-state index in [1.807, 2.05) is 50.2 Å². The van der Waals surface area contributed by atoms with Crippen LogP contribution in [0.15, 0.2) is 42.5 Å². The number of halogens is 1. The number of nitrogens with zero attached hydrogens (tertiary/aromatic N) is 1. The van der Waals surface area contributed by atoms with E-state index in [0.717, 1.165) is 16.9 Å². The first-order chi connectivity index (χ1) is 9.08. The van der Waals surface area contributed by atoms with Gasteiger partial charge in [0.15, 0.2) is 0 Å². The van der Waals surface area contributed by atoms with Gasteiger partial charge in [-0.3, -0.25) is 4.79 Å². The molecule has 0 aliphatic heterocycles. The SMILES string of the molecule is Cc1cccc(C(=O)Nc2ccccc2C(C)Cl)n1. The summed E-state index contributed by atoms with van der Waals surface area (Å²) in [5.74, 6) is -0.228. The Kier molecular flexibility index (Phi) is 4.17. The zero-order chi connectivity index (χ0) is 13.8. The van der Waals surface area contributed by atoms with E-state index in [2.05, 4.69) is 10.3 Å². The number of carbonyl (C=O) groups is 1. The second-order valence-electron chi connectivity index (χ2n) is 4.32. The smallest absolute Gasteiger partial charge is 0.274 e. The molecule has 0 saturated carbocycles. The number of alkyl halides is 1. The van der Waals surface area contributed by atoms with Gasteiger partial charge >= 0.3 is 0 Å².